The van der Waals surface area contributed by atoms with E-state index in [1.165, 1.54) is 17.9 Å². The van der Waals surface area contributed by atoms with Crippen LogP contribution in [-0.2, 0) is 4.79 Å². The maximum atomic E-state index is 11.2. The summed E-state index contributed by atoms with van der Waals surface area (Å²) in [5.74, 6) is -0.0462. The van der Waals surface area contributed by atoms with Gasteiger partial charge in [0.05, 0.1) is 11.1 Å². The molecular formula is C11H12N4O2S. The van der Waals surface area contributed by atoms with E-state index in [0.29, 0.717) is 5.82 Å². The number of hydrogen-bond acceptors (Lipinski definition) is 6. The van der Waals surface area contributed by atoms with Crippen LogP contribution in [0.4, 0.5) is 5.82 Å². The summed E-state index contributed by atoms with van der Waals surface area (Å²) in [6.45, 7) is 1.88. The van der Waals surface area contributed by atoms with Crippen LogP contribution in [0.5, 0.6) is 0 Å². The molecule has 1 unspecified atom stereocenters. The Balaban J connectivity index is 1.98. The molecule has 94 valence electrons. The standard InChI is InChI=1S/C11H12N4O2S/c1-5-7-9(12-4-13-10(7)18-15-5)14-8(11(16)17)6-2-3-6/h4,6,8H,2-3H2,1H3,(H,16,17)(H,12,13,14). The molecule has 1 saturated carbocycles. The van der Waals surface area contributed by atoms with E-state index in [9.17, 15) is 9.90 Å². The van der Waals surface area contributed by atoms with E-state index in [-0.39, 0.29) is 5.92 Å². The first kappa shape index (κ1) is 11.3. The largest absolute Gasteiger partial charge is 0.480 e. The van der Waals surface area contributed by atoms with Crippen molar-refractivity contribution in [1.82, 2.24) is 14.3 Å². The number of fused-ring (bicyclic) bond motifs is 1. The zero-order valence-corrected chi connectivity index (χ0v) is 10.6. The highest BCUT2D eigenvalue weighted by Crippen LogP contribution is 2.35. The molecule has 2 aromatic heterocycles. The summed E-state index contributed by atoms with van der Waals surface area (Å²) >= 11 is 1.30. The Bertz CT molecular complexity index is 608. The summed E-state index contributed by atoms with van der Waals surface area (Å²) in [5.41, 5.74) is 0.832. The van der Waals surface area contributed by atoms with Crippen molar-refractivity contribution in [1.29, 1.82) is 0 Å². The van der Waals surface area contributed by atoms with E-state index in [0.717, 1.165) is 28.8 Å². The van der Waals surface area contributed by atoms with Crippen LogP contribution in [0.1, 0.15) is 18.5 Å². The number of rotatable bonds is 4. The van der Waals surface area contributed by atoms with Gasteiger partial charge in [0.1, 0.15) is 23.0 Å². The van der Waals surface area contributed by atoms with Gasteiger partial charge in [-0.3, -0.25) is 0 Å². The molecule has 0 aromatic carbocycles. The first-order valence-corrected chi connectivity index (χ1v) is 6.50. The lowest BCUT2D eigenvalue weighted by atomic mass is 10.2. The molecule has 1 aliphatic rings. The number of aliphatic carboxylic acids is 1. The molecule has 1 aliphatic carbocycles. The Morgan fingerprint density at radius 1 is 1.56 bits per heavy atom. The molecule has 2 N–H and O–H groups in total. The van der Waals surface area contributed by atoms with Crippen molar-refractivity contribution in [3.05, 3.63) is 12.0 Å². The Kier molecular flexibility index (Phi) is 2.62. The molecule has 0 radical (unpaired) electrons. The summed E-state index contributed by atoms with van der Waals surface area (Å²) in [4.78, 5) is 20.3. The Morgan fingerprint density at radius 2 is 2.33 bits per heavy atom. The van der Waals surface area contributed by atoms with Crippen LogP contribution in [0.2, 0.25) is 0 Å². The van der Waals surface area contributed by atoms with Gasteiger partial charge in [-0.1, -0.05) is 0 Å². The molecule has 0 spiro atoms. The van der Waals surface area contributed by atoms with Crippen LogP contribution in [0, 0.1) is 12.8 Å². The third kappa shape index (κ3) is 1.90. The van der Waals surface area contributed by atoms with Crippen molar-refractivity contribution in [2.24, 2.45) is 5.92 Å². The lowest BCUT2D eigenvalue weighted by molar-refractivity contribution is -0.138. The van der Waals surface area contributed by atoms with Gasteiger partial charge in [-0.15, -0.1) is 0 Å². The third-order valence-corrected chi connectivity index (χ3v) is 3.94. The number of anilines is 1. The SMILES string of the molecule is Cc1nsc2ncnc(NC(C(=O)O)C3CC3)c12. The van der Waals surface area contributed by atoms with Crippen molar-refractivity contribution in [2.45, 2.75) is 25.8 Å². The molecule has 2 aromatic rings. The van der Waals surface area contributed by atoms with Crippen LogP contribution >= 0.6 is 11.5 Å². The molecule has 7 heteroatoms. The van der Waals surface area contributed by atoms with Gasteiger partial charge in [0.25, 0.3) is 0 Å². The van der Waals surface area contributed by atoms with E-state index < -0.39 is 12.0 Å². The van der Waals surface area contributed by atoms with E-state index in [1.807, 2.05) is 6.92 Å². The summed E-state index contributed by atoms with van der Waals surface area (Å²) in [5, 5.41) is 13.1. The molecule has 1 fully saturated rings. The van der Waals surface area contributed by atoms with Gasteiger partial charge in [-0.05, 0) is 37.2 Å². The number of nitrogens with zero attached hydrogens (tertiary/aromatic N) is 3. The second-order valence-electron chi connectivity index (χ2n) is 4.47. The Hall–Kier alpha value is -1.76. The Labute approximate surface area is 107 Å². The molecule has 6 nitrogen and oxygen atoms in total. The molecule has 0 saturated heterocycles. The molecule has 3 rings (SSSR count). The smallest absolute Gasteiger partial charge is 0.326 e. The molecular weight excluding hydrogens is 252 g/mol. The van der Waals surface area contributed by atoms with Crippen molar-refractivity contribution < 1.29 is 9.90 Å². The zero-order chi connectivity index (χ0) is 12.7. The molecule has 18 heavy (non-hydrogen) atoms. The summed E-state index contributed by atoms with van der Waals surface area (Å²) in [6, 6.07) is -0.567. The molecule has 1 atom stereocenters. The number of aromatic nitrogens is 3. The van der Waals surface area contributed by atoms with Gasteiger partial charge < -0.3 is 10.4 Å². The monoisotopic (exact) mass is 264 g/mol. The van der Waals surface area contributed by atoms with Crippen LogP contribution in [0.3, 0.4) is 0 Å². The summed E-state index contributed by atoms with van der Waals surface area (Å²) < 4.78 is 4.22. The lowest BCUT2D eigenvalue weighted by Gasteiger charge is -2.14. The quantitative estimate of drug-likeness (QED) is 0.873. The first-order valence-electron chi connectivity index (χ1n) is 5.73. The minimum absolute atomic E-state index is 0.208. The van der Waals surface area contributed by atoms with Gasteiger partial charge in [-0.25, -0.2) is 14.8 Å². The topological polar surface area (TPSA) is 88.0 Å². The van der Waals surface area contributed by atoms with Crippen molar-refractivity contribution >= 4 is 33.5 Å². The number of nitrogens with one attached hydrogen (secondary N) is 1. The number of carboxylic acids is 1. The highest BCUT2D eigenvalue weighted by Gasteiger charge is 2.36. The lowest BCUT2D eigenvalue weighted by Crippen LogP contribution is -2.31. The van der Waals surface area contributed by atoms with Gasteiger partial charge >= 0.3 is 5.97 Å². The molecule has 0 bridgehead atoms. The third-order valence-electron chi connectivity index (χ3n) is 3.10. The van der Waals surface area contributed by atoms with Crippen molar-refractivity contribution in [3.63, 3.8) is 0 Å². The number of carbonyl (C=O) groups is 1. The zero-order valence-electron chi connectivity index (χ0n) is 9.75. The van der Waals surface area contributed by atoms with Crippen LogP contribution in [0.15, 0.2) is 6.33 Å². The van der Waals surface area contributed by atoms with E-state index in [2.05, 4.69) is 19.7 Å². The minimum Gasteiger partial charge on any atom is -0.480 e. The fourth-order valence-corrected chi connectivity index (χ4v) is 2.73. The number of carboxylic acid groups (broad SMARTS) is 1. The van der Waals surface area contributed by atoms with Gasteiger partial charge in [0.15, 0.2) is 0 Å². The first-order chi connectivity index (χ1) is 8.66. The van der Waals surface area contributed by atoms with Crippen LogP contribution < -0.4 is 5.32 Å². The van der Waals surface area contributed by atoms with Crippen LogP contribution in [-0.4, -0.2) is 31.5 Å². The van der Waals surface area contributed by atoms with E-state index in [4.69, 9.17) is 0 Å². The van der Waals surface area contributed by atoms with Crippen molar-refractivity contribution in [3.8, 4) is 0 Å². The molecule has 0 amide bonds. The Morgan fingerprint density at radius 3 is 3.00 bits per heavy atom. The second-order valence-corrected chi connectivity index (χ2v) is 5.22. The average molecular weight is 264 g/mol. The van der Waals surface area contributed by atoms with Gasteiger partial charge in [0.2, 0.25) is 0 Å². The average Bonchev–Trinajstić information content (AvgIpc) is 3.11. The predicted octanol–water partition coefficient (Wildman–Crippen LogP) is 1.67. The summed E-state index contributed by atoms with van der Waals surface area (Å²) in [7, 11) is 0. The second kappa shape index (κ2) is 4.16. The minimum atomic E-state index is -0.829. The predicted molar refractivity (Wildman–Crippen MR) is 67.7 cm³/mol. The maximum absolute atomic E-state index is 11.2. The molecule has 0 aliphatic heterocycles. The number of aryl methyl sites for hydroxylation is 1. The van der Waals surface area contributed by atoms with Crippen LogP contribution in [0.25, 0.3) is 10.2 Å². The van der Waals surface area contributed by atoms with Gasteiger partial charge in [-0.2, -0.15) is 4.37 Å². The number of hydrogen-bond donors (Lipinski definition) is 2. The fraction of sp³-hybridized carbons (Fsp3) is 0.455. The normalized spacial score (nSPS) is 16.7. The highest BCUT2D eigenvalue weighted by atomic mass is 32.1. The van der Waals surface area contributed by atoms with E-state index >= 15 is 0 Å². The maximum Gasteiger partial charge on any atom is 0.326 e. The molecule has 2 heterocycles. The van der Waals surface area contributed by atoms with E-state index in [1.54, 1.807) is 0 Å². The highest BCUT2D eigenvalue weighted by molar-refractivity contribution is 7.13. The van der Waals surface area contributed by atoms with Gasteiger partial charge in [0, 0.05) is 0 Å². The van der Waals surface area contributed by atoms with Crippen molar-refractivity contribution in [2.75, 3.05) is 5.32 Å². The fourth-order valence-electron chi connectivity index (χ4n) is 1.99. The summed E-state index contributed by atoms with van der Waals surface area (Å²) in [6.07, 6.45) is 3.35.